The molecule has 0 spiro atoms. The van der Waals surface area contributed by atoms with Crippen molar-refractivity contribution in [2.24, 2.45) is 7.05 Å². The van der Waals surface area contributed by atoms with Crippen molar-refractivity contribution in [1.29, 1.82) is 0 Å². The lowest BCUT2D eigenvalue weighted by Gasteiger charge is -2.12. The predicted molar refractivity (Wildman–Crippen MR) is 95.4 cm³/mol. The molecule has 136 valence electrons. The quantitative estimate of drug-likeness (QED) is 0.520. The van der Waals surface area contributed by atoms with Crippen LogP contribution in [0.3, 0.4) is 0 Å². The number of aromatic nitrogens is 3. The summed E-state index contributed by atoms with van der Waals surface area (Å²) in [6.07, 6.45) is 1.36. The average molecular weight is 375 g/mol. The normalized spacial score (nSPS) is 12.3. The molecule has 3 aromatic rings. The fourth-order valence-electron chi connectivity index (χ4n) is 2.86. The molecule has 0 aliphatic heterocycles. The lowest BCUT2D eigenvalue weighted by atomic mass is 9.92. The van der Waals surface area contributed by atoms with E-state index in [4.69, 9.17) is 4.52 Å². The molecular weight excluding hydrogens is 358 g/mol. The topological polar surface area (TPSA) is 118 Å². The smallest absolute Gasteiger partial charge is 0.277 e. The Hall–Kier alpha value is -2.78. The van der Waals surface area contributed by atoms with E-state index in [1.54, 1.807) is 32.0 Å². The number of hydrogen-bond acceptors (Lipinski definition) is 5. The van der Waals surface area contributed by atoms with Crippen molar-refractivity contribution in [3.8, 4) is 11.3 Å². The van der Waals surface area contributed by atoms with Gasteiger partial charge in [-0.1, -0.05) is 17.3 Å². The number of H-pyrrole nitrogens is 1. The van der Waals surface area contributed by atoms with Gasteiger partial charge in [0.05, 0.1) is 11.4 Å². The maximum atomic E-state index is 12.8. The summed E-state index contributed by atoms with van der Waals surface area (Å²) in [6, 6.07) is 4.84. The van der Waals surface area contributed by atoms with Crippen LogP contribution in [-0.4, -0.2) is 29.5 Å². The average Bonchev–Trinajstić information content (AvgIpc) is 3.13. The minimum Gasteiger partial charge on any atom is -0.356 e. The van der Waals surface area contributed by atoms with Crippen LogP contribution >= 0.6 is 0 Å². The summed E-state index contributed by atoms with van der Waals surface area (Å²) in [5, 5.41) is 6.52. The Bertz CT molecular complexity index is 1080. The Morgan fingerprint density at radius 3 is 2.62 bits per heavy atom. The zero-order chi connectivity index (χ0) is 19.0. The number of rotatable bonds is 5. The number of benzene rings is 1. The Morgan fingerprint density at radius 1 is 1.35 bits per heavy atom. The van der Waals surface area contributed by atoms with Crippen LogP contribution in [0.1, 0.15) is 32.7 Å². The van der Waals surface area contributed by atoms with Crippen molar-refractivity contribution in [3.63, 3.8) is 0 Å². The summed E-state index contributed by atoms with van der Waals surface area (Å²) in [4.78, 5) is 24.9. The van der Waals surface area contributed by atoms with Gasteiger partial charge in [-0.25, -0.2) is 4.21 Å². The third kappa shape index (κ3) is 3.18. The highest BCUT2D eigenvalue weighted by Crippen LogP contribution is 2.32. The van der Waals surface area contributed by atoms with Gasteiger partial charge in [0.1, 0.15) is 5.56 Å². The third-order valence-corrected chi connectivity index (χ3v) is 4.69. The molecule has 0 radical (unpaired) electrons. The molecule has 1 unspecified atom stereocenters. The molecule has 2 aromatic heterocycles. The number of nitrogens with one attached hydrogen (secondary N) is 1. The second-order valence-corrected chi connectivity index (χ2v) is 6.88. The van der Waals surface area contributed by atoms with Gasteiger partial charge >= 0.3 is 0 Å². The molecule has 0 amide bonds. The van der Waals surface area contributed by atoms with Crippen LogP contribution in [0, 0.1) is 13.8 Å². The number of aryl methyl sites for hydroxylation is 2. The van der Waals surface area contributed by atoms with Gasteiger partial charge in [-0.05, 0) is 25.0 Å². The molecule has 9 heteroatoms. The maximum Gasteiger partial charge on any atom is 0.277 e. The molecule has 0 bridgehead atoms. The Morgan fingerprint density at radius 2 is 2.08 bits per heavy atom. The molecule has 0 saturated carbocycles. The van der Waals surface area contributed by atoms with Gasteiger partial charge in [-0.2, -0.15) is 0 Å². The molecule has 0 aliphatic rings. The number of carbonyl (C=O) groups excluding carboxylic acids is 1. The molecule has 0 saturated heterocycles. The van der Waals surface area contributed by atoms with Crippen molar-refractivity contribution in [1.82, 2.24) is 14.9 Å². The number of aromatic amines is 1. The van der Waals surface area contributed by atoms with E-state index in [-0.39, 0.29) is 11.3 Å². The summed E-state index contributed by atoms with van der Waals surface area (Å²) < 4.78 is 27.1. The van der Waals surface area contributed by atoms with Crippen LogP contribution in [0.4, 0.5) is 0 Å². The largest absolute Gasteiger partial charge is 0.356 e. The van der Waals surface area contributed by atoms with Gasteiger partial charge in [0.15, 0.2) is 22.6 Å². The van der Waals surface area contributed by atoms with Gasteiger partial charge in [-0.15, -0.1) is 0 Å². The van der Waals surface area contributed by atoms with Gasteiger partial charge in [0.25, 0.3) is 5.56 Å². The van der Waals surface area contributed by atoms with Gasteiger partial charge in [0.2, 0.25) is 0 Å². The second-order valence-electron chi connectivity index (χ2n) is 5.95. The fourth-order valence-corrected chi connectivity index (χ4v) is 3.37. The summed E-state index contributed by atoms with van der Waals surface area (Å²) >= 11 is -2.06. The lowest BCUT2D eigenvalue weighted by molar-refractivity contribution is 0.103. The highest BCUT2D eigenvalue weighted by atomic mass is 32.2. The van der Waals surface area contributed by atoms with Crippen LogP contribution in [-0.2, 0) is 23.9 Å². The van der Waals surface area contributed by atoms with Crippen LogP contribution in [0.5, 0.6) is 0 Å². The van der Waals surface area contributed by atoms with E-state index in [9.17, 15) is 18.4 Å². The van der Waals surface area contributed by atoms with Crippen molar-refractivity contribution < 1.29 is 18.1 Å². The molecule has 8 nitrogen and oxygen atoms in total. The Kier molecular flexibility index (Phi) is 4.75. The zero-order valence-electron chi connectivity index (χ0n) is 14.4. The van der Waals surface area contributed by atoms with E-state index in [1.165, 1.54) is 17.9 Å². The first-order valence-corrected chi connectivity index (χ1v) is 9.00. The minimum atomic E-state index is -2.06. The van der Waals surface area contributed by atoms with Crippen molar-refractivity contribution in [3.05, 3.63) is 62.7 Å². The molecule has 26 heavy (non-hydrogen) atoms. The van der Waals surface area contributed by atoms with E-state index in [2.05, 4.69) is 10.3 Å². The van der Waals surface area contributed by atoms with Crippen molar-refractivity contribution in [2.45, 2.75) is 19.6 Å². The standard InChI is InChI=1S/C17H17N3O5S/c1-9-6-14(25-19-9)15-10(2)12(5-4-11(15)8-26(23)24)16(21)13-7-18-20(3)17(13)22/h4-7,18H,8H2,1-3H3,(H,23,24). The fraction of sp³-hybridized carbons (Fsp3) is 0.235. The summed E-state index contributed by atoms with van der Waals surface area (Å²) in [6.45, 7) is 3.46. The summed E-state index contributed by atoms with van der Waals surface area (Å²) in [7, 11) is 1.52. The first kappa shape index (κ1) is 18.0. The molecule has 2 N–H and O–H groups in total. The van der Waals surface area contributed by atoms with E-state index < -0.39 is 22.4 Å². The SMILES string of the molecule is Cc1cc(-c2c(CS(=O)O)ccc(C(=O)c3c[nH]n(C)c3=O)c2C)on1. The lowest BCUT2D eigenvalue weighted by Crippen LogP contribution is -2.20. The number of nitrogens with zero attached hydrogens (tertiary/aromatic N) is 2. The van der Waals surface area contributed by atoms with E-state index in [0.29, 0.717) is 33.7 Å². The maximum absolute atomic E-state index is 12.8. The first-order valence-electron chi connectivity index (χ1n) is 7.72. The van der Waals surface area contributed by atoms with E-state index in [1.807, 2.05) is 0 Å². The predicted octanol–water partition coefficient (Wildman–Crippen LogP) is 1.94. The van der Waals surface area contributed by atoms with Gasteiger partial charge in [0, 0.05) is 30.4 Å². The molecular formula is C17H17N3O5S. The van der Waals surface area contributed by atoms with Crippen LogP contribution in [0.15, 0.2) is 33.7 Å². The molecule has 0 fully saturated rings. The molecule has 1 atom stereocenters. The monoisotopic (exact) mass is 375 g/mol. The summed E-state index contributed by atoms with van der Waals surface area (Å²) in [5.41, 5.74) is 2.20. The first-order chi connectivity index (χ1) is 12.3. The number of ketones is 1. The van der Waals surface area contributed by atoms with Crippen LogP contribution in [0.2, 0.25) is 0 Å². The van der Waals surface area contributed by atoms with Crippen LogP contribution in [0.25, 0.3) is 11.3 Å². The van der Waals surface area contributed by atoms with E-state index >= 15 is 0 Å². The molecule has 0 aliphatic carbocycles. The highest BCUT2D eigenvalue weighted by Gasteiger charge is 2.23. The summed E-state index contributed by atoms with van der Waals surface area (Å²) in [5.74, 6) is -0.147. The zero-order valence-corrected chi connectivity index (χ0v) is 15.2. The Balaban J connectivity index is 2.19. The van der Waals surface area contributed by atoms with E-state index in [0.717, 1.165) is 0 Å². The molecule has 1 aromatic carbocycles. The number of hydrogen-bond donors (Lipinski definition) is 2. The molecule has 2 heterocycles. The molecule has 3 rings (SSSR count). The third-order valence-electron chi connectivity index (χ3n) is 4.13. The van der Waals surface area contributed by atoms with Crippen molar-refractivity contribution >= 4 is 16.9 Å². The Labute approximate surface area is 151 Å². The minimum absolute atomic E-state index is 0.0220. The van der Waals surface area contributed by atoms with Crippen molar-refractivity contribution in [2.75, 3.05) is 0 Å². The highest BCUT2D eigenvalue weighted by molar-refractivity contribution is 7.78. The van der Waals surface area contributed by atoms with Crippen LogP contribution < -0.4 is 5.56 Å². The van der Waals surface area contributed by atoms with Gasteiger partial charge < -0.3 is 14.2 Å². The second kappa shape index (κ2) is 6.85. The number of carbonyl (C=O) groups is 1. The van der Waals surface area contributed by atoms with Gasteiger partial charge in [-0.3, -0.25) is 14.3 Å².